The van der Waals surface area contributed by atoms with E-state index < -0.39 is 12.1 Å². The number of benzene rings is 3. The average molecular weight is 545 g/mol. The minimum absolute atomic E-state index is 0.00838. The van der Waals surface area contributed by atoms with Crippen molar-refractivity contribution in [3.05, 3.63) is 100.0 Å². The van der Waals surface area contributed by atoms with Crippen LogP contribution in [0.1, 0.15) is 62.4 Å². The van der Waals surface area contributed by atoms with Gasteiger partial charge in [0.05, 0.1) is 13.2 Å². The Morgan fingerprint density at radius 3 is 2.40 bits per heavy atom. The Balaban J connectivity index is 1.40. The molecule has 0 saturated carbocycles. The lowest BCUT2D eigenvalue weighted by Crippen LogP contribution is -2.39. The minimum atomic E-state index is -0.606. The van der Waals surface area contributed by atoms with Crippen molar-refractivity contribution in [2.45, 2.75) is 58.1 Å². The van der Waals surface area contributed by atoms with Gasteiger partial charge in [-0.05, 0) is 66.1 Å². The van der Waals surface area contributed by atoms with Crippen LogP contribution >= 0.6 is 0 Å². The molecule has 0 radical (unpaired) electrons. The van der Waals surface area contributed by atoms with Gasteiger partial charge in [0.15, 0.2) is 6.10 Å². The molecule has 4 rings (SSSR count). The van der Waals surface area contributed by atoms with Crippen molar-refractivity contribution in [2.24, 2.45) is 5.18 Å². The largest absolute Gasteiger partial charge is 0.492 e. The zero-order valence-corrected chi connectivity index (χ0v) is 24.0. The SMILES string of the molecule is CCOC(=O)C(Cc1ccc(OCCN2CCC(C)(C)c3cc(C(N=O)c4ccccc4)ccc32)cc1)OCC. The molecule has 0 bridgehead atoms. The normalized spacial score (nSPS) is 15.6. The average Bonchev–Trinajstić information content (AvgIpc) is 2.96. The van der Waals surface area contributed by atoms with E-state index in [2.05, 4.69) is 36.1 Å². The summed E-state index contributed by atoms with van der Waals surface area (Å²) in [7, 11) is 0. The van der Waals surface area contributed by atoms with E-state index in [-0.39, 0.29) is 11.4 Å². The molecule has 1 aliphatic rings. The topological polar surface area (TPSA) is 77.4 Å². The zero-order chi connectivity index (χ0) is 28.5. The van der Waals surface area contributed by atoms with Crippen molar-refractivity contribution >= 4 is 11.7 Å². The second-order valence-corrected chi connectivity index (χ2v) is 10.7. The van der Waals surface area contributed by atoms with E-state index in [1.54, 1.807) is 6.92 Å². The lowest BCUT2D eigenvalue weighted by Gasteiger charge is -2.40. The highest BCUT2D eigenvalue weighted by Crippen LogP contribution is 2.41. The van der Waals surface area contributed by atoms with Crippen molar-refractivity contribution in [1.82, 2.24) is 0 Å². The summed E-state index contributed by atoms with van der Waals surface area (Å²) in [5.41, 5.74) is 5.21. The molecule has 0 aliphatic carbocycles. The highest BCUT2D eigenvalue weighted by atomic mass is 16.6. The highest BCUT2D eigenvalue weighted by Gasteiger charge is 2.32. The third-order valence-corrected chi connectivity index (χ3v) is 7.53. The van der Waals surface area contributed by atoms with Gasteiger partial charge in [0.25, 0.3) is 0 Å². The van der Waals surface area contributed by atoms with E-state index in [4.69, 9.17) is 14.2 Å². The predicted molar refractivity (Wildman–Crippen MR) is 158 cm³/mol. The summed E-state index contributed by atoms with van der Waals surface area (Å²) in [6.07, 6.45) is 0.857. The van der Waals surface area contributed by atoms with Gasteiger partial charge in [-0.1, -0.05) is 73.6 Å². The summed E-state index contributed by atoms with van der Waals surface area (Å²) in [6, 6.07) is 23.3. The molecular formula is C33H40N2O5. The molecule has 3 aromatic rings. The van der Waals surface area contributed by atoms with Crippen LogP contribution in [0.15, 0.2) is 78.0 Å². The van der Waals surface area contributed by atoms with Crippen molar-refractivity contribution < 1.29 is 19.0 Å². The molecule has 0 fully saturated rings. The van der Waals surface area contributed by atoms with Crippen LogP contribution in [0.5, 0.6) is 5.75 Å². The molecule has 0 saturated heterocycles. The molecule has 1 aliphatic heterocycles. The van der Waals surface area contributed by atoms with Gasteiger partial charge in [0, 0.05) is 25.3 Å². The molecule has 7 heteroatoms. The number of carbonyl (C=O) groups excluding carboxylic acids is 1. The Labute approximate surface area is 237 Å². The fourth-order valence-corrected chi connectivity index (χ4v) is 5.25. The molecule has 7 nitrogen and oxygen atoms in total. The molecule has 0 amide bonds. The maximum atomic E-state index is 12.2. The summed E-state index contributed by atoms with van der Waals surface area (Å²) in [6.45, 7) is 11.2. The number of hydrogen-bond acceptors (Lipinski definition) is 7. The number of fused-ring (bicyclic) bond motifs is 1. The fourth-order valence-electron chi connectivity index (χ4n) is 5.25. The van der Waals surface area contributed by atoms with Crippen LogP contribution in [0.2, 0.25) is 0 Å². The van der Waals surface area contributed by atoms with E-state index in [1.807, 2.05) is 67.6 Å². The van der Waals surface area contributed by atoms with Gasteiger partial charge in [-0.3, -0.25) is 0 Å². The van der Waals surface area contributed by atoms with E-state index >= 15 is 0 Å². The smallest absolute Gasteiger partial charge is 0.335 e. The lowest BCUT2D eigenvalue weighted by atomic mass is 9.76. The molecular weight excluding hydrogens is 504 g/mol. The van der Waals surface area contributed by atoms with Crippen LogP contribution in [-0.2, 0) is 26.1 Å². The van der Waals surface area contributed by atoms with E-state index in [1.165, 1.54) is 11.3 Å². The number of ether oxygens (including phenoxy) is 3. The number of hydrogen-bond donors (Lipinski definition) is 0. The molecule has 0 N–H and O–H groups in total. The van der Waals surface area contributed by atoms with Crippen LogP contribution in [0, 0.1) is 4.91 Å². The first kappa shape index (κ1) is 29.3. The monoisotopic (exact) mass is 544 g/mol. The molecule has 1 heterocycles. The van der Waals surface area contributed by atoms with Crippen LogP contribution in [0.4, 0.5) is 5.69 Å². The molecule has 2 unspecified atom stereocenters. The van der Waals surface area contributed by atoms with E-state index in [0.717, 1.165) is 42.0 Å². The van der Waals surface area contributed by atoms with Crippen molar-refractivity contribution in [1.29, 1.82) is 0 Å². The number of nitrogens with zero attached hydrogens (tertiary/aromatic N) is 2. The summed E-state index contributed by atoms with van der Waals surface area (Å²) < 4.78 is 16.8. The summed E-state index contributed by atoms with van der Waals surface area (Å²) in [5.74, 6) is 0.448. The van der Waals surface area contributed by atoms with Gasteiger partial charge in [-0.25, -0.2) is 4.79 Å². The number of carbonyl (C=O) groups is 1. The molecule has 0 aromatic heterocycles. The standard InChI is InChI=1S/C33H40N2O5/c1-5-38-30(32(36)39-6-2)22-24-12-15-27(16-13-24)40-21-20-35-19-18-33(3,4)28-23-26(14-17-29(28)35)31(34-37)25-10-8-7-9-11-25/h7-17,23,30-31H,5-6,18-22H2,1-4H3. The molecule has 2 atom stereocenters. The van der Waals surface area contributed by atoms with Crippen LogP contribution in [0.3, 0.4) is 0 Å². The van der Waals surface area contributed by atoms with Crippen molar-refractivity contribution in [2.75, 3.05) is 37.8 Å². The van der Waals surface area contributed by atoms with Crippen LogP contribution < -0.4 is 9.64 Å². The van der Waals surface area contributed by atoms with Gasteiger partial charge in [-0.2, -0.15) is 0 Å². The number of esters is 1. The summed E-state index contributed by atoms with van der Waals surface area (Å²) >= 11 is 0. The molecule has 212 valence electrons. The Hall–Kier alpha value is -3.71. The molecule has 3 aromatic carbocycles. The van der Waals surface area contributed by atoms with Gasteiger partial charge in [0.2, 0.25) is 0 Å². The third-order valence-electron chi connectivity index (χ3n) is 7.53. The predicted octanol–water partition coefficient (Wildman–Crippen LogP) is 6.62. The maximum absolute atomic E-state index is 12.2. The number of anilines is 1. The second-order valence-electron chi connectivity index (χ2n) is 10.7. The van der Waals surface area contributed by atoms with E-state index in [9.17, 15) is 9.70 Å². The van der Waals surface area contributed by atoms with Gasteiger partial charge in [0.1, 0.15) is 18.4 Å². The Kier molecular flexibility index (Phi) is 9.93. The highest BCUT2D eigenvalue weighted by molar-refractivity contribution is 5.75. The first-order valence-corrected chi connectivity index (χ1v) is 14.1. The maximum Gasteiger partial charge on any atom is 0.335 e. The van der Waals surface area contributed by atoms with Gasteiger partial charge in [-0.15, -0.1) is 4.91 Å². The van der Waals surface area contributed by atoms with Gasteiger partial charge < -0.3 is 19.1 Å². The third kappa shape index (κ3) is 7.07. The van der Waals surface area contributed by atoms with Crippen LogP contribution in [-0.4, -0.2) is 45.0 Å². The molecule has 40 heavy (non-hydrogen) atoms. The Bertz CT molecular complexity index is 1260. The van der Waals surface area contributed by atoms with Crippen LogP contribution in [0.25, 0.3) is 0 Å². The van der Waals surface area contributed by atoms with Crippen molar-refractivity contribution in [3.8, 4) is 5.75 Å². The summed E-state index contributed by atoms with van der Waals surface area (Å²) in [5, 5.41) is 3.46. The minimum Gasteiger partial charge on any atom is -0.492 e. The molecule has 0 spiro atoms. The zero-order valence-electron chi connectivity index (χ0n) is 24.0. The quantitative estimate of drug-likeness (QED) is 0.178. The Morgan fingerprint density at radius 2 is 1.73 bits per heavy atom. The second kappa shape index (κ2) is 13.6. The lowest BCUT2D eigenvalue weighted by molar-refractivity contribution is -0.156. The number of rotatable bonds is 13. The number of nitroso groups, excluding NO2 is 1. The summed E-state index contributed by atoms with van der Waals surface area (Å²) in [4.78, 5) is 26.4. The fraction of sp³-hybridized carbons (Fsp3) is 0.424. The van der Waals surface area contributed by atoms with E-state index in [0.29, 0.717) is 26.2 Å². The van der Waals surface area contributed by atoms with Crippen molar-refractivity contribution in [3.63, 3.8) is 0 Å². The Morgan fingerprint density at radius 1 is 0.975 bits per heavy atom. The van der Waals surface area contributed by atoms with Gasteiger partial charge >= 0.3 is 5.97 Å². The first-order valence-electron chi connectivity index (χ1n) is 14.1. The first-order chi connectivity index (χ1) is 19.4.